The molecule has 2 heterocycles. The molecule has 1 aliphatic heterocycles. The Kier molecular flexibility index (Phi) is 5.94. The fraction of sp³-hybridized carbons (Fsp3) is 0.0294. The number of hydrogen-bond acceptors (Lipinski definition) is 3. The van der Waals surface area contributed by atoms with E-state index in [2.05, 4.69) is 156 Å². The molecule has 0 unspecified atom stereocenters. The zero-order chi connectivity index (χ0) is 25.6. The van der Waals surface area contributed by atoms with Gasteiger partial charge in [-0.15, -0.1) is 0 Å². The number of para-hydroxylation sites is 2. The first kappa shape index (κ1) is 23.5. The Morgan fingerprint density at radius 2 is 1.26 bits per heavy atom. The van der Waals surface area contributed by atoms with Gasteiger partial charge in [0.2, 0.25) is 0 Å². The highest BCUT2D eigenvalue weighted by Gasteiger charge is 2.27. The molecule has 0 atom stereocenters. The van der Waals surface area contributed by atoms with E-state index in [0.717, 1.165) is 22.5 Å². The lowest BCUT2D eigenvalue weighted by Crippen LogP contribution is -2.15. The predicted octanol–water partition coefficient (Wildman–Crippen LogP) is 10.4. The highest BCUT2D eigenvalue weighted by Crippen LogP contribution is 2.52. The molecule has 0 bridgehead atoms. The van der Waals surface area contributed by atoms with Crippen molar-refractivity contribution in [1.29, 1.82) is 0 Å². The van der Waals surface area contributed by atoms with Gasteiger partial charge in [0.25, 0.3) is 0 Å². The van der Waals surface area contributed by atoms with Crippen LogP contribution < -0.4 is 4.90 Å². The minimum absolute atomic E-state index is 0.979. The minimum atomic E-state index is 0.979. The van der Waals surface area contributed by atoms with Crippen molar-refractivity contribution in [1.82, 2.24) is 4.98 Å². The summed E-state index contributed by atoms with van der Waals surface area (Å²) in [6.07, 6.45) is 0. The van der Waals surface area contributed by atoms with Gasteiger partial charge in [-0.2, -0.15) is 0 Å². The van der Waals surface area contributed by atoms with Crippen LogP contribution in [0.5, 0.6) is 0 Å². The van der Waals surface area contributed by atoms with Crippen molar-refractivity contribution in [2.24, 2.45) is 0 Å². The van der Waals surface area contributed by atoms with Crippen molar-refractivity contribution in [2.75, 3.05) is 4.90 Å². The SMILES string of the molecule is Cc1ccc(N2c3ccccc3Sc3ccccc32)c2nc(-c3ccc(I)cc3)cc(-c3ccccc3)c12. The molecule has 5 aromatic carbocycles. The number of aryl methyl sites for hydroxylation is 1. The molecule has 7 rings (SSSR count). The van der Waals surface area contributed by atoms with E-state index < -0.39 is 0 Å². The van der Waals surface area contributed by atoms with Crippen molar-refractivity contribution >= 4 is 62.3 Å². The molecule has 182 valence electrons. The number of fused-ring (bicyclic) bond motifs is 3. The largest absolute Gasteiger partial charge is 0.306 e. The molecule has 0 spiro atoms. The van der Waals surface area contributed by atoms with Crippen LogP contribution in [0.1, 0.15) is 5.56 Å². The summed E-state index contributed by atoms with van der Waals surface area (Å²) in [6.45, 7) is 2.19. The lowest BCUT2D eigenvalue weighted by atomic mass is 9.94. The number of anilines is 3. The molecular weight excluding hydrogens is 595 g/mol. The quantitative estimate of drug-likeness (QED) is 0.183. The Balaban J connectivity index is 1.58. The Hall–Kier alpha value is -3.61. The van der Waals surface area contributed by atoms with Gasteiger partial charge in [0.05, 0.1) is 28.3 Å². The normalized spacial score (nSPS) is 12.3. The zero-order valence-electron chi connectivity index (χ0n) is 20.7. The molecule has 1 aromatic heterocycles. The Labute approximate surface area is 240 Å². The number of halogens is 1. The lowest BCUT2D eigenvalue weighted by molar-refractivity contribution is 1.17. The average molecular weight is 619 g/mol. The molecule has 0 saturated carbocycles. The lowest BCUT2D eigenvalue weighted by Gasteiger charge is -2.33. The van der Waals surface area contributed by atoms with Crippen LogP contribution in [-0.4, -0.2) is 4.98 Å². The second-order valence-corrected chi connectivity index (χ2v) is 11.8. The highest BCUT2D eigenvalue weighted by atomic mass is 127. The molecule has 6 aromatic rings. The van der Waals surface area contributed by atoms with Gasteiger partial charge in [0.1, 0.15) is 0 Å². The zero-order valence-corrected chi connectivity index (χ0v) is 23.7. The van der Waals surface area contributed by atoms with Crippen LogP contribution in [0.2, 0.25) is 0 Å². The Morgan fingerprint density at radius 3 is 1.95 bits per heavy atom. The van der Waals surface area contributed by atoms with Crippen LogP contribution >= 0.6 is 34.4 Å². The van der Waals surface area contributed by atoms with Crippen LogP contribution in [0.4, 0.5) is 17.1 Å². The van der Waals surface area contributed by atoms with Gasteiger partial charge in [-0.05, 0) is 94.7 Å². The van der Waals surface area contributed by atoms with Gasteiger partial charge in [-0.3, -0.25) is 0 Å². The summed E-state index contributed by atoms with van der Waals surface area (Å²) in [6, 6.07) is 43.4. The molecular formula is C34H23IN2S. The van der Waals surface area contributed by atoms with E-state index in [1.807, 2.05) is 11.8 Å². The van der Waals surface area contributed by atoms with Crippen molar-refractivity contribution in [3.63, 3.8) is 0 Å². The number of rotatable bonds is 3. The second kappa shape index (κ2) is 9.61. The van der Waals surface area contributed by atoms with Crippen LogP contribution in [-0.2, 0) is 0 Å². The maximum absolute atomic E-state index is 5.39. The molecule has 0 radical (unpaired) electrons. The smallest absolute Gasteiger partial charge is 0.0958 e. The van der Waals surface area contributed by atoms with Gasteiger partial charge in [0.15, 0.2) is 0 Å². The van der Waals surface area contributed by atoms with Crippen LogP contribution in [0.15, 0.2) is 131 Å². The molecule has 0 saturated heterocycles. The van der Waals surface area contributed by atoms with Crippen LogP contribution in [0, 0.1) is 10.5 Å². The first-order valence-electron chi connectivity index (χ1n) is 12.6. The molecule has 0 amide bonds. The van der Waals surface area contributed by atoms with Gasteiger partial charge in [-0.1, -0.05) is 84.6 Å². The minimum Gasteiger partial charge on any atom is -0.306 e. The first-order valence-corrected chi connectivity index (χ1v) is 14.5. The van der Waals surface area contributed by atoms with E-state index in [9.17, 15) is 0 Å². The maximum Gasteiger partial charge on any atom is 0.0958 e. The third-order valence-electron chi connectivity index (χ3n) is 7.05. The summed E-state index contributed by atoms with van der Waals surface area (Å²) in [4.78, 5) is 10.3. The number of aromatic nitrogens is 1. The van der Waals surface area contributed by atoms with Crippen molar-refractivity contribution in [2.45, 2.75) is 16.7 Å². The van der Waals surface area contributed by atoms with E-state index in [1.54, 1.807) is 0 Å². The summed E-state index contributed by atoms with van der Waals surface area (Å²) in [5.74, 6) is 0. The van der Waals surface area contributed by atoms with E-state index in [4.69, 9.17) is 4.98 Å². The molecule has 0 fully saturated rings. The van der Waals surface area contributed by atoms with Gasteiger partial charge in [-0.25, -0.2) is 4.98 Å². The average Bonchev–Trinajstić information content (AvgIpc) is 2.97. The fourth-order valence-electron chi connectivity index (χ4n) is 5.25. The monoisotopic (exact) mass is 618 g/mol. The number of pyridine rings is 1. The molecule has 38 heavy (non-hydrogen) atoms. The summed E-state index contributed by atoms with van der Waals surface area (Å²) < 4.78 is 1.21. The third kappa shape index (κ3) is 3.99. The molecule has 2 nitrogen and oxygen atoms in total. The molecule has 4 heteroatoms. The highest BCUT2D eigenvalue weighted by molar-refractivity contribution is 14.1. The van der Waals surface area contributed by atoms with E-state index in [-0.39, 0.29) is 0 Å². The van der Waals surface area contributed by atoms with E-state index in [0.29, 0.717) is 0 Å². The standard InChI is InChI=1S/C34H23IN2S/c1-22-15-20-30(37-28-11-5-7-13-31(28)38-32-14-8-6-12-29(32)37)34-33(22)26(23-9-3-2-4-10-23)21-27(36-34)24-16-18-25(35)19-17-24/h2-21H,1H3. The van der Waals surface area contributed by atoms with Gasteiger partial charge < -0.3 is 4.90 Å². The van der Waals surface area contributed by atoms with Gasteiger partial charge >= 0.3 is 0 Å². The number of benzene rings is 5. The van der Waals surface area contributed by atoms with Crippen molar-refractivity contribution in [3.05, 3.63) is 130 Å². The van der Waals surface area contributed by atoms with Gasteiger partial charge in [0, 0.05) is 24.3 Å². The summed E-state index contributed by atoms with van der Waals surface area (Å²) in [5.41, 5.74) is 10.2. The van der Waals surface area contributed by atoms with E-state index >= 15 is 0 Å². The topological polar surface area (TPSA) is 16.1 Å². The molecule has 1 aliphatic rings. The third-order valence-corrected chi connectivity index (χ3v) is 8.89. The fourth-order valence-corrected chi connectivity index (χ4v) is 6.67. The van der Waals surface area contributed by atoms with Crippen molar-refractivity contribution in [3.8, 4) is 22.4 Å². The van der Waals surface area contributed by atoms with Crippen molar-refractivity contribution < 1.29 is 0 Å². The molecule has 0 N–H and O–H groups in total. The summed E-state index contributed by atoms with van der Waals surface area (Å²) in [5, 5.41) is 1.19. The summed E-state index contributed by atoms with van der Waals surface area (Å²) in [7, 11) is 0. The van der Waals surface area contributed by atoms with Crippen LogP contribution in [0.3, 0.4) is 0 Å². The molecule has 0 aliphatic carbocycles. The first-order chi connectivity index (χ1) is 18.7. The Morgan fingerprint density at radius 1 is 0.632 bits per heavy atom. The Bertz CT molecular complexity index is 1770. The second-order valence-electron chi connectivity index (χ2n) is 9.43. The predicted molar refractivity (Wildman–Crippen MR) is 169 cm³/mol. The van der Waals surface area contributed by atoms with E-state index in [1.165, 1.54) is 46.8 Å². The number of hydrogen-bond donors (Lipinski definition) is 0. The van der Waals surface area contributed by atoms with Crippen LogP contribution in [0.25, 0.3) is 33.3 Å². The summed E-state index contributed by atoms with van der Waals surface area (Å²) >= 11 is 4.18. The number of nitrogens with zero attached hydrogens (tertiary/aromatic N) is 2. The maximum atomic E-state index is 5.39.